The Labute approximate surface area is 124 Å². The van der Waals surface area contributed by atoms with Crippen LogP contribution in [0.2, 0.25) is 5.02 Å². The maximum Gasteiger partial charge on any atom is 0.339 e. The number of halogens is 1. The summed E-state index contributed by atoms with van der Waals surface area (Å²) < 4.78 is 4.73. The van der Waals surface area contributed by atoms with E-state index in [0.717, 1.165) is 24.1 Å². The maximum absolute atomic E-state index is 11.6. The maximum atomic E-state index is 11.6. The molecule has 0 amide bonds. The summed E-state index contributed by atoms with van der Waals surface area (Å²) in [5.41, 5.74) is 1.33. The van der Waals surface area contributed by atoms with Gasteiger partial charge in [0, 0.05) is 12.2 Å². The lowest BCUT2D eigenvalue weighted by Gasteiger charge is -2.19. The Kier molecular flexibility index (Phi) is 3.70. The van der Waals surface area contributed by atoms with Crippen LogP contribution in [0.4, 0.5) is 5.69 Å². The van der Waals surface area contributed by atoms with Gasteiger partial charge in [0.05, 0.1) is 17.7 Å². The van der Waals surface area contributed by atoms with E-state index in [1.54, 1.807) is 12.1 Å². The predicted molar refractivity (Wildman–Crippen MR) is 80.1 cm³/mol. The molecule has 0 aromatic heterocycles. The van der Waals surface area contributed by atoms with E-state index in [2.05, 4.69) is 17.5 Å². The number of fused-ring (bicyclic) bond motifs is 2. The highest BCUT2D eigenvalue weighted by atomic mass is 35.5. The summed E-state index contributed by atoms with van der Waals surface area (Å²) in [6.07, 6.45) is 7.27. The lowest BCUT2D eigenvalue weighted by atomic mass is 9.93. The Morgan fingerprint density at radius 3 is 2.90 bits per heavy atom. The monoisotopic (exact) mass is 291 g/mol. The fourth-order valence-electron chi connectivity index (χ4n) is 3.28. The molecule has 1 aromatic carbocycles. The number of carbonyl (C=O) groups excluding carboxylic acids is 1. The van der Waals surface area contributed by atoms with Crippen LogP contribution in [-0.4, -0.2) is 19.6 Å². The lowest BCUT2D eigenvalue weighted by molar-refractivity contribution is 0.0601. The molecule has 0 spiro atoms. The van der Waals surface area contributed by atoms with Gasteiger partial charge in [-0.05, 0) is 48.8 Å². The zero-order valence-corrected chi connectivity index (χ0v) is 12.2. The van der Waals surface area contributed by atoms with Crippen molar-refractivity contribution < 1.29 is 9.53 Å². The Morgan fingerprint density at radius 2 is 2.25 bits per heavy atom. The molecule has 3 rings (SSSR count). The first-order chi connectivity index (χ1) is 9.67. The Balaban J connectivity index is 1.66. The van der Waals surface area contributed by atoms with Gasteiger partial charge in [-0.2, -0.15) is 0 Å². The zero-order chi connectivity index (χ0) is 14.1. The Morgan fingerprint density at radius 1 is 1.40 bits per heavy atom. The largest absolute Gasteiger partial charge is 0.465 e. The number of esters is 1. The minimum atomic E-state index is -0.401. The van der Waals surface area contributed by atoms with Crippen molar-refractivity contribution in [1.82, 2.24) is 0 Å². The van der Waals surface area contributed by atoms with Crippen LogP contribution >= 0.6 is 11.6 Å². The highest BCUT2D eigenvalue weighted by molar-refractivity contribution is 6.33. The number of hydrogen-bond acceptors (Lipinski definition) is 3. The molecular formula is C16H18ClNO2. The number of ether oxygens (including phenoxy) is 1. The highest BCUT2D eigenvalue weighted by Gasteiger charge is 2.35. The number of allylic oxidation sites excluding steroid dienone is 2. The number of anilines is 1. The first-order valence-electron chi connectivity index (χ1n) is 6.97. The molecule has 3 unspecified atom stereocenters. The van der Waals surface area contributed by atoms with Crippen molar-refractivity contribution in [2.24, 2.45) is 17.8 Å². The van der Waals surface area contributed by atoms with E-state index in [4.69, 9.17) is 16.3 Å². The third-order valence-electron chi connectivity index (χ3n) is 4.36. The second-order valence-electron chi connectivity index (χ2n) is 5.61. The predicted octanol–water partition coefficient (Wildman–Crippen LogP) is 3.75. The molecule has 106 valence electrons. The van der Waals surface area contributed by atoms with E-state index in [-0.39, 0.29) is 0 Å². The summed E-state index contributed by atoms with van der Waals surface area (Å²) in [4.78, 5) is 11.6. The molecule has 3 atom stereocenters. The molecule has 1 aromatic rings. The molecule has 0 heterocycles. The second kappa shape index (κ2) is 5.49. The lowest BCUT2D eigenvalue weighted by Crippen LogP contribution is -2.18. The number of methoxy groups -OCH3 is 1. The SMILES string of the molecule is COC(=O)c1cc(NCC2CC3C=CC2C3)ccc1Cl. The molecule has 2 aliphatic carbocycles. The van der Waals surface area contributed by atoms with Crippen LogP contribution in [0.3, 0.4) is 0 Å². The van der Waals surface area contributed by atoms with Gasteiger partial charge < -0.3 is 10.1 Å². The number of hydrogen-bond donors (Lipinski definition) is 1. The topological polar surface area (TPSA) is 38.3 Å². The average molecular weight is 292 g/mol. The molecule has 0 radical (unpaired) electrons. The van der Waals surface area contributed by atoms with Gasteiger partial charge in [0.25, 0.3) is 0 Å². The van der Waals surface area contributed by atoms with Gasteiger partial charge in [-0.3, -0.25) is 0 Å². The Bertz CT molecular complexity index is 555. The van der Waals surface area contributed by atoms with Crippen molar-refractivity contribution in [3.05, 3.63) is 40.9 Å². The molecule has 1 fully saturated rings. The van der Waals surface area contributed by atoms with Gasteiger partial charge in [0.2, 0.25) is 0 Å². The van der Waals surface area contributed by atoms with Crippen molar-refractivity contribution in [3.63, 3.8) is 0 Å². The summed E-state index contributed by atoms with van der Waals surface area (Å²) in [6, 6.07) is 5.39. The van der Waals surface area contributed by atoms with Crippen LogP contribution in [0.5, 0.6) is 0 Å². The van der Waals surface area contributed by atoms with Gasteiger partial charge in [-0.1, -0.05) is 23.8 Å². The smallest absolute Gasteiger partial charge is 0.339 e. The van der Waals surface area contributed by atoms with Crippen LogP contribution < -0.4 is 5.32 Å². The molecule has 2 aliphatic rings. The Hall–Kier alpha value is -1.48. The van der Waals surface area contributed by atoms with Gasteiger partial charge in [0.15, 0.2) is 0 Å². The van der Waals surface area contributed by atoms with Crippen molar-refractivity contribution in [2.45, 2.75) is 12.8 Å². The van der Waals surface area contributed by atoms with Gasteiger partial charge >= 0.3 is 5.97 Å². The summed E-state index contributed by atoms with van der Waals surface area (Å²) in [7, 11) is 1.36. The van der Waals surface area contributed by atoms with Crippen molar-refractivity contribution >= 4 is 23.3 Å². The quantitative estimate of drug-likeness (QED) is 0.678. The van der Waals surface area contributed by atoms with Crippen LogP contribution in [0.25, 0.3) is 0 Å². The van der Waals surface area contributed by atoms with Crippen LogP contribution in [-0.2, 0) is 4.74 Å². The van der Waals surface area contributed by atoms with Gasteiger partial charge in [0.1, 0.15) is 0 Å². The number of rotatable bonds is 4. The van der Waals surface area contributed by atoms with Crippen molar-refractivity contribution in [1.29, 1.82) is 0 Å². The van der Waals surface area contributed by atoms with E-state index < -0.39 is 5.97 Å². The van der Waals surface area contributed by atoms with Crippen molar-refractivity contribution in [2.75, 3.05) is 19.0 Å². The minimum Gasteiger partial charge on any atom is -0.465 e. The summed E-state index contributed by atoms with van der Waals surface area (Å²) in [5.74, 6) is 1.80. The molecule has 0 saturated heterocycles. The van der Waals surface area contributed by atoms with E-state index in [9.17, 15) is 4.79 Å². The molecule has 1 N–H and O–H groups in total. The summed E-state index contributed by atoms with van der Waals surface area (Å²) in [5, 5.41) is 3.84. The third-order valence-corrected chi connectivity index (χ3v) is 4.69. The van der Waals surface area contributed by atoms with Crippen LogP contribution in [0, 0.1) is 17.8 Å². The van der Waals surface area contributed by atoms with Crippen LogP contribution in [0.1, 0.15) is 23.2 Å². The van der Waals surface area contributed by atoms with E-state index >= 15 is 0 Å². The first kappa shape index (κ1) is 13.5. The normalized spacial score (nSPS) is 26.8. The highest BCUT2D eigenvalue weighted by Crippen LogP contribution is 2.43. The number of carbonyl (C=O) groups is 1. The zero-order valence-electron chi connectivity index (χ0n) is 11.4. The van der Waals surface area contributed by atoms with E-state index in [1.165, 1.54) is 20.0 Å². The molecule has 3 nitrogen and oxygen atoms in total. The van der Waals surface area contributed by atoms with Crippen LogP contribution in [0.15, 0.2) is 30.4 Å². The average Bonchev–Trinajstić information content (AvgIpc) is 3.08. The standard InChI is InChI=1S/C16H18ClNO2/c1-20-16(19)14-8-13(4-5-15(14)17)18-9-12-7-10-2-3-11(12)6-10/h2-5,8,10-12,18H,6-7,9H2,1H3. The number of nitrogens with one attached hydrogen (secondary N) is 1. The molecule has 1 saturated carbocycles. The minimum absolute atomic E-state index is 0.401. The third kappa shape index (κ3) is 2.55. The molecule has 20 heavy (non-hydrogen) atoms. The number of benzene rings is 1. The summed E-state index contributed by atoms with van der Waals surface area (Å²) in [6.45, 7) is 0.938. The van der Waals surface area contributed by atoms with E-state index in [1.807, 2.05) is 6.07 Å². The molecule has 2 bridgehead atoms. The summed E-state index contributed by atoms with van der Waals surface area (Å²) >= 11 is 6.01. The fraction of sp³-hybridized carbons (Fsp3) is 0.438. The fourth-order valence-corrected chi connectivity index (χ4v) is 3.47. The van der Waals surface area contributed by atoms with Gasteiger partial charge in [-0.25, -0.2) is 4.79 Å². The second-order valence-corrected chi connectivity index (χ2v) is 6.01. The molecular weight excluding hydrogens is 274 g/mol. The van der Waals surface area contributed by atoms with Crippen molar-refractivity contribution in [3.8, 4) is 0 Å². The van der Waals surface area contributed by atoms with E-state index in [0.29, 0.717) is 16.5 Å². The van der Waals surface area contributed by atoms with Gasteiger partial charge in [-0.15, -0.1) is 0 Å². The molecule has 4 heteroatoms. The first-order valence-corrected chi connectivity index (χ1v) is 7.35. The molecule has 0 aliphatic heterocycles.